The minimum absolute atomic E-state index is 0.152. The standard InChI is InChI=1S/C13H14FNO2/c14-13-7-10(8-15)1-2-11(13)9-17-12-3-5-16-6-4-12/h1-2,7,12H,3-6,9H2. The van der Waals surface area contributed by atoms with Gasteiger partial charge in [-0.25, -0.2) is 4.39 Å². The maximum atomic E-state index is 13.5. The van der Waals surface area contributed by atoms with Crippen LogP contribution in [-0.4, -0.2) is 19.3 Å². The van der Waals surface area contributed by atoms with Crippen LogP contribution in [0.15, 0.2) is 18.2 Å². The molecule has 3 nitrogen and oxygen atoms in total. The first-order valence-corrected chi connectivity index (χ1v) is 5.67. The van der Waals surface area contributed by atoms with E-state index in [2.05, 4.69) is 0 Å². The number of halogens is 1. The lowest BCUT2D eigenvalue weighted by Crippen LogP contribution is -2.23. The summed E-state index contributed by atoms with van der Waals surface area (Å²) < 4.78 is 24.4. The highest BCUT2D eigenvalue weighted by molar-refractivity contribution is 5.32. The van der Waals surface area contributed by atoms with Crippen molar-refractivity contribution in [2.45, 2.75) is 25.6 Å². The topological polar surface area (TPSA) is 42.2 Å². The van der Waals surface area contributed by atoms with Crippen LogP contribution in [0.25, 0.3) is 0 Å². The summed E-state index contributed by atoms with van der Waals surface area (Å²) >= 11 is 0. The van der Waals surface area contributed by atoms with E-state index in [0.29, 0.717) is 24.3 Å². The summed E-state index contributed by atoms with van der Waals surface area (Å²) in [5.41, 5.74) is 0.827. The predicted molar refractivity (Wildman–Crippen MR) is 59.7 cm³/mol. The van der Waals surface area contributed by atoms with Gasteiger partial charge in [-0.05, 0) is 25.0 Å². The first-order valence-electron chi connectivity index (χ1n) is 5.67. The van der Waals surface area contributed by atoms with Gasteiger partial charge in [-0.2, -0.15) is 5.26 Å². The molecule has 0 N–H and O–H groups in total. The lowest BCUT2D eigenvalue weighted by molar-refractivity contribution is -0.0397. The fourth-order valence-electron chi connectivity index (χ4n) is 1.78. The van der Waals surface area contributed by atoms with Crippen LogP contribution in [-0.2, 0) is 16.1 Å². The lowest BCUT2D eigenvalue weighted by Gasteiger charge is -2.22. The van der Waals surface area contributed by atoms with Crippen LogP contribution in [0.2, 0.25) is 0 Å². The molecule has 1 aliphatic heterocycles. The molecule has 0 saturated carbocycles. The molecule has 0 radical (unpaired) electrons. The van der Waals surface area contributed by atoms with Gasteiger partial charge in [0.2, 0.25) is 0 Å². The van der Waals surface area contributed by atoms with Crippen molar-refractivity contribution in [2.75, 3.05) is 13.2 Å². The van der Waals surface area contributed by atoms with E-state index < -0.39 is 0 Å². The molecule has 0 aliphatic carbocycles. The Morgan fingerprint density at radius 1 is 1.41 bits per heavy atom. The van der Waals surface area contributed by atoms with Crippen LogP contribution in [0, 0.1) is 17.1 Å². The average molecular weight is 235 g/mol. The normalized spacial score (nSPS) is 16.7. The third-order valence-electron chi connectivity index (χ3n) is 2.83. The zero-order valence-corrected chi connectivity index (χ0v) is 9.49. The van der Waals surface area contributed by atoms with E-state index in [1.54, 1.807) is 12.1 Å². The number of hydrogen-bond donors (Lipinski definition) is 0. The van der Waals surface area contributed by atoms with Crippen LogP contribution < -0.4 is 0 Å². The Kier molecular flexibility index (Phi) is 4.08. The number of nitrogens with zero attached hydrogens (tertiary/aromatic N) is 1. The molecule has 1 aromatic carbocycles. The maximum Gasteiger partial charge on any atom is 0.130 e. The van der Waals surface area contributed by atoms with E-state index in [4.69, 9.17) is 14.7 Å². The van der Waals surface area contributed by atoms with Crippen molar-refractivity contribution >= 4 is 0 Å². The smallest absolute Gasteiger partial charge is 0.130 e. The Morgan fingerprint density at radius 3 is 2.82 bits per heavy atom. The van der Waals surface area contributed by atoms with E-state index >= 15 is 0 Å². The Balaban J connectivity index is 1.92. The van der Waals surface area contributed by atoms with E-state index in [-0.39, 0.29) is 18.5 Å². The Morgan fingerprint density at radius 2 is 2.18 bits per heavy atom. The van der Waals surface area contributed by atoms with Gasteiger partial charge in [-0.3, -0.25) is 0 Å². The molecule has 90 valence electrons. The van der Waals surface area contributed by atoms with Crippen LogP contribution in [0.3, 0.4) is 0 Å². The molecular formula is C13H14FNO2. The highest BCUT2D eigenvalue weighted by atomic mass is 19.1. The third kappa shape index (κ3) is 3.26. The van der Waals surface area contributed by atoms with Gasteiger partial charge in [-0.15, -0.1) is 0 Å². The van der Waals surface area contributed by atoms with Gasteiger partial charge in [0.05, 0.1) is 24.3 Å². The van der Waals surface area contributed by atoms with Crippen molar-refractivity contribution in [3.63, 3.8) is 0 Å². The van der Waals surface area contributed by atoms with Gasteiger partial charge >= 0.3 is 0 Å². The maximum absolute atomic E-state index is 13.5. The molecule has 1 heterocycles. The molecule has 0 aromatic heterocycles. The van der Waals surface area contributed by atoms with E-state index in [1.165, 1.54) is 6.07 Å². The summed E-state index contributed by atoms with van der Waals surface area (Å²) in [6, 6.07) is 6.35. The molecule has 1 saturated heterocycles. The van der Waals surface area contributed by atoms with Crippen molar-refractivity contribution < 1.29 is 13.9 Å². The van der Waals surface area contributed by atoms with Crippen LogP contribution in [0.4, 0.5) is 4.39 Å². The van der Waals surface area contributed by atoms with Crippen molar-refractivity contribution in [1.82, 2.24) is 0 Å². The zero-order valence-electron chi connectivity index (χ0n) is 9.49. The van der Waals surface area contributed by atoms with Crippen molar-refractivity contribution in [3.8, 4) is 6.07 Å². The fourth-order valence-corrected chi connectivity index (χ4v) is 1.78. The van der Waals surface area contributed by atoms with E-state index in [0.717, 1.165) is 12.8 Å². The molecule has 0 bridgehead atoms. The van der Waals surface area contributed by atoms with Crippen LogP contribution >= 0.6 is 0 Å². The quantitative estimate of drug-likeness (QED) is 0.807. The Labute approximate surface area is 99.8 Å². The molecule has 1 aliphatic rings. The number of rotatable bonds is 3. The summed E-state index contributed by atoms with van der Waals surface area (Å²) in [7, 11) is 0. The molecule has 2 rings (SSSR count). The molecule has 4 heteroatoms. The number of ether oxygens (including phenoxy) is 2. The molecule has 1 fully saturated rings. The third-order valence-corrected chi connectivity index (χ3v) is 2.83. The highest BCUT2D eigenvalue weighted by Gasteiger charge is 2.15. The van der Waals surface area contributed by atoms with Gasteiger partial charge in [-0.1, -0.05) is 6.07 Å². The molecule has 0 spiro atoms. The van der Waals surface area contributed by atoms with Gasteiger partial charge in [0, 0.05) is 18.8 Å². The van der Waals surface area contributed by atoms with Crippen molar-refractivity contribution in [3.05, 3.63) is 35.1 Å². The number of benzene rings is 1. The second kappa shape index (κ2) is 5.76. The average Bonchev–Trinajstić information content (AvgIpc) is 2.38. The second-order valence-corrected chi connectivity index (χ2v) is 4.04. The summed E-state index contributed by atoms with van der Waals surface area (Å²) in [5.74, 6) is -0.379. The summed E-state index contributed by atoms with van der Waals surface area (Å²) in [6.45, 7) is 1.67. The van der Waals surface area contributed by atoms with Crippen molar-refractivity contribution in [2.24, 2.45) is 0 Å². The van der Waals surface area contributed by atoms with Crippen molar-refractivity contribution in [1.29, 1.82) is 5.26 Å². The van der Waals surface area contributed by atoms with Gasteiger partial charge in [0.1, 0.15) is 5.82 Å². The van der Waals surface area contributed by atoms with E-state index in [1.807, 2.05) is 6.07 Å². The summed E-state index contributed by atoms with van der Waals surface area (Å²) in [6.07, 6.45) is 1.87. The first kappa shape index (κ1) is 12.0. The largest absolute Gasteiger partial charge is 0.381 e. The predicted octanol–water partition coefficient (Wildman–Crippen LogP) is 2.39. The van der Waals surface area contributed by atoms with Gasteiger partial charge in [0.25, 0.3) is 0 Å². The monoisotopic (exact) mass is 235 g/mol. The van der Waals surface area contributed by atoms with E-state index in [9.17, 15) is 4.39 Å². The van der Waals surface area contributed by atoms with Gasteiger partial charge in [0.15, 0.2) is 0 Å². The number of nitriles is 1. The minimum Gasteiger partial charge on any atom is -0.381 e. The second-order valence-electron chi connectivity index (χ2n) is 4.04. The lowest BCUT2D eigenvalue weighted by atomic mass is 10.1. The van der Waals surface area contributed by atoms with Crippen LogP contribution in [0.5, 0.6) is 0 Å². The molecule has 0 unspecified atom stereocenters. The van der Waals surface area contributed by atoms with Gasteiger partial charge < -0.3 is 9.47 Å². The Bertz CT molecular complexity index is 422. The molecular weight excluding hydrogens is 221 g/mol. The minimum atomic E-state index is -0.379. The summed E-state index contributed by atoms with van der Waals surface area (Å²) in [5, 5.41) is 8.62. The Hall–Kier alpha value is -1.44. The molecule has 1 aromatic rings. The summed E-state index contributed by atoms with van der Waals surface area (Å²) in [4.78, 5) is 0. The van der Waals surface area contributed by atoms with Crippen LogP contribution in [0.1, 0.15) is 24.0 Å². The molecule has 17 heavy (non-hydrogen) atoms. The molecule has 0 amide bonds. The zero-order chi connectivity index (χ0) is 12.1. The molecule has 0 atom stereocenters. The number of hydrogen-bond acceptors (Lipinski definition) is 3. The SMILES string of the molecule is N#Cc1ccc(COC2CCOCC2)c(F)c1. The fraction of sp³-hybridized carbons (Fsp3) is 0.462. The highest BCUT2D eigenvalue weighted by Crippen LogP contribution is 2.16. The first-order chi connectivity index (χ1) is 8.29.